The van der Waals surface area contributed by atoms with Crippen LogP contribution < -0.4 is 15.5 Å². The molecule has 1 saturated heterocycles. The fourth-order valence-electron chi connectivity index (χ4n) is 5.73. The number of rotatable bonds is 16. The lowest BCUT2D eigenvalue weighted by molar-refractivity contribution is -0.245. The molecule has 10 heteroatoms. The van der Waals surface area contributed by atoms with Gasteiger partial charge in [-0.25, -0.2) is 5.48 Å². The van der Waals surface area contributed by atoms with Gasteiger partial charge in [-0.3, -0.25) is 14.8 Å². The second-order valence-corrected chi connectivity index (χ2v) is 13.1. The van der Waals surface area contributed by atoms with E-state index in [2.05, 4.69) is 29.6 Å². The third-order valence-electron chi connectivity index (χ3n) is 8.47. The number of para-hydroxylation sites is 1. The van der Waals surface area contributed by atoms with E-state index in [4.69, 9.17) is 19.4 Å². The van der Waals surface area contributed by atoms with Gasteiger partial charge in [-0.05, 0) is 58.9 Å². The van der Waals surface area contributed by atoms with E-state index < -0.39 is 12.2 Å². The van der Waals surface area contributed by atoms with Crippen LogP contribution in [0, 0.1) is 0 Å². The predicted octanol–water partition coefficient (Wildman–Crippen LogP) is 7.26. The van der Waals surface area contributed by atoms with E-state index in [1.54, 1.807) is 24.4 Å². The number of unbranched alkanes of at least 4 members (excludes halogenated alkanes) is 2. The Morgan fingerprint density at radius 2 is 1.55 bits per heavy atom. The molecular formula is C39H44N2O7S. The van der Waals surface area contributed by atoms with E-state index in [0.717, 1.165) is 56.2 Å². The molecule has 1 fully saturated rings. The number of hydroxylamine groups is 1. The van der Waals surface area contributed by atoms with Crippen LogP contribution in [0.5, 0.6) is 5.75 Å². The van der Waals surface area contributed by atoms with E-state index in [-0.39, 0.29) is 31.1 Å². The molecule has 0 aliphatic carbocycles. The van der Waals surface area contributed by atoms with Crippen molar-refractivity contribution in [2.45, 2.75) is 75.1 Å². The summed E-state index contributed by atoms with van der Waals surface area (Å²) in [5.74, 6) is 1.13. The van der Waals surface area contributed by atoms with E-state index in [9.17, 15) is 14.7 Å². The molecule has 2 amide bonds. The summed E-state index contributed by atoms with van der Waals surface area (Å²) in [7, 11) is 1.68. The topological polar surface area (TPSA) is 126 Å². The van der Waals surface area contributed by atoms with Gasteiger partial charge >= 0.3 is 0 Å². The number of thioether (sulfide) groups is 1. The number of carbonyl (C=O) groups is 2. The number of aliphatic hydroxyl groups excluding tert-OH is 1. The lowest BCUT2D eigenvalue weighted by Gasteiger charge is -2.36. The molecule has 3 atom stereocenters. The highest BCUT2D eigenvalue weighted by molar-refractivity contribution is 7.99. The number of nitrogens with one attached hydrogen (secondary N) is 2. The molecule has 0 unspecified atom stereocenters. The molecule has 4 N–H and O–H groups in total. The van der Waals surface area contributed by atoms with Gasteiger partial charge in [0.25, 0.3) is 0 Å². The zero-order valence-electron chi connectivity index (χ0n) is 27.7. The van der Waals surface area contributed by atoms with Gasteiger partial charge in [0.15, 0.2) is 6.29 Å². The first-order valence-corrected chi connectivity index (χ1v) is 17.6. The number of methoxy groups -OCH3 is 1. The fourth-order valence-corrected chi connectivity index (χ4v) is 6.78. The van der Waals surface area contributed by atoms with Gasteiger partial charge < -0.3 is 24.6 Å². The molecule has 0 aromatic heterocycles. The molecule has 1 aliphatic rings. The maximum absolute atomic E-state index is 12.3. The molecule has 258 valence electrons. The van der Waals surface area contributed by atoms with Crippen molar-refractivity contribution in [3.05, 3.63) is 119 Å². The summed E-state index contributed by atoms with van der Waals surface area (Å²) in [6, 6.07) is 32.2. The minimum Gasteiger partial charge on any atom is -0.496 e. The van der Waals surface area contributed by atoms with Gasteiger partial charge in [0.05, 0.1) is 25.9 Å². The Morgan fingerprint density at radius 1 is 0.816 bits per heavy atom. The molecule has 5 rings (SSSR count). The van der Waals surface area contributed by atoms with Crippen molar-refractivity contribution in [1.82, 2.24) is 10.8 Å². The molecule has 0 bridgehead atoms. The largest absolute Gasteiger partial charge is 0.496 e. The Labute approximate surface area is 292 Å². The number of carbonyl (C=O) groups excluding carboxylic acids is 2. The molecule has 49 heavy (non-hydrogen) atoms. The number of aliphatic hydroxyl groups is 1. The van der Waals surface area contributed by atoms with Crippen LogP contribution in [0.15, 0.2) is 102 Å². The monoisotopic (exact) mass is 684 g/mol. The number of ether oxygens (including phenoxy) is 3. The molecule has 1 heterocycles. The summed E-state index contributed by atoms with van der Waals surface area (Å²) in [5, 5.41) is 21.1. The Kier molecular flexibility index (Phi) is 13.7. The fraction of sp³-hybridized carbons (Fsp3) is 0.333. The first-order chi connectivity index (χ1) is 23.9. The van der Waals surface area contributed by atoms with Crippen molar-refractivity contribution in [3.8, 4) is 16.9 Å². The Hall–Kier alpha value is -4.19. The first kappa shape index (κ1) is 36.1. The van der Waals surface area contributed by atoms with Gasteiger partial charge in [0.1, 0.15) is 5.75 Å². The smallest absolute Gasteiger partial charge is 0.243 e. The Bertz CT molecular complexity index is 1650. The summed E-state index contributed by atoms with van der Waals surface area (Å²) in [4.78, 5) is 24.5. The van der Waals surface area contributed by atoms with Crippen molar-refractivity contribution < 1.29 is 34.1 Å². The zero-order valence-corrected chi connectivity index (χ0v) is 28.5. The molecule has 9 nitrogen and oxygen atoms in total. The van der Waals surface area contributed by atoms with Gasteiger partial charge in [-0.1, -0.05) is 85.3 Å². The summed E-state index contributed by atoms with van der Waals surface area (Å²) in [5.41, 5.74) is 7.53. The Balaban J connectivity index is 1.22. The van der Waals surface area contributed by atoms with Gasteiger partial charge in [0, 0.05) is 42.0 Å². The van der Waals surface area contributed by atoms with Gasteiger partial charge in [0.2, 0.25) is 11.8 Å². The Morgan fingerprint density at radius 3 is 2.29 bits per heavy atom. The first-order valence-electron chi connectivity index (χ1n) is 16.6. The van der Waals surface area contributed by atoms with Crippen LogP contribution in [0.1, 0.15) is 73.2 Å². The SMILES string of the molecule is COc1ccccc1SC[C@@H]1C[C@H](c2ccc(CO)cc2)O[C@H](c2ccc(-c3cccc(CNC(=O)CCCCCC(=O)NO)c3)cc2)O1. The van der Waals surface area contributed by atoms with Crippen molar-refractivity contribution in [2.75, 3.05) is 12.9 Å². The van der Waals surface area contributed by atoms with E-state index in [1.165, 1.54) is 0 Å². The third-order valence-corrected chi connectivity index (χ3v) is 9.66. The zero-order chi connectivity index (χ0) is 34.4. The summed E-state index contributed by atoms with van der Waals surface area (Å²) in [6.45, 7) is 0.423. The summed E-state index contributed by atoms with van der Waals surface area (Å²) in [6.07, 6.45) is 2.59. The average molecular weight is 685 g/mol. The second-order valence-electron chi connectivity index (χ2n) is 12.0. The lowest BCUT2D eigenvalue weighted by atomic mass is 9.99. The highest BCUT2D eigenvalue weighted by Gasteiger charge is 2.32. The van der Waals surface area contributed by atoms with Crippen LogP contribution in [0.4, 0.5) is 0 Å². The summed E-state index contributed by atoms with van der Waals surface area (Å²) < 4.78 is 18.7. The van der Waals surface area contributed by atoms with Crippen LogP contribution in [-0.2, 0) is 32.2 Å². The number of hydrogen-bond acceptors (Lipinski definition) is 8. The predicted molar refractivity (Wildman–Crippen MR) is 189 cm³/mol. The molecule has 0 spiro atoms. The minimum absolute atomic E-state index is 0.00385. The maximum atomic E-state index is 12.3. The van der Waals surface area contributed by atoms with E-state index in [1.807, 2.05) is 72.8 Å². The molecule has 4 aromatic rings. The molecule has 1 aliphatic heterocycles. The van der Waals surface area contributed by atoms with E-state index in [0.29, 0.717) is 32.2 Å². The van der Waals surface area contributed by atoms with Crippen LogP contribution in [-0.4, -0.2) is 41.1 Å². The minimum atomic E-state index is -0.554. The number of amides is 2. The van der Waals surface area contributed by atoms with Crippen LogP contribution in [0.3, 0.4) is 0 Å². The molecule has 0 saturated carbocycles. The third kappa shape index (κ3) is 10.6. The molecule has 0 radical (unpaired) electrons. The average Bonchev–Trinajstić information content (AvgIpc) is 3.16. The van der Waals surface area contributed by atoms with Crippen LogP contribution in [0.25, 0.3) is 11.1 Å². The molecule has 4 aromatic carbocycles. The highest BCUT2D eigenvalue weighted by Crippen LogP contribution is 2.40. The number of hydrogen-bond donors (Lipinski definition) is 4. The van der Waals surface area contributed by atoms with Crippen molar-refractivity contribution in [2.24, 2.45) is 0 Å². The van der Waals surface area contributed by atoms with E-state index >= 15 is 0 Å². The van der Waals surface area contributed by atoms with Gasteiger partial charge in [-0.15, -0.1) is 11.8 Å². The van der Waals surface area contributed by atoms with Crippen molar-refractivity contribution >= 4 is 23.6 Å². The van der Waals surface area contributed by atoms with Crippen molar-refractivity contribution in [3.63, 3.8) is 0 Å². The summed E-state index contributed by atoms with van der Waals surface area (Å²) >= 11 is 1.71. The second kappa shape index (κ2) is 18.5. The van der Waals surface area contributed by atoms with Gasteiger partial charge in [-0.2, -0.15) is 0 Å². The normalized spacial score (nSPS) is 17.3. The quantitative estimate of drug-likeness (QED) is 0.0421. The van der Waals surface area contributed by atoms with Crippen LogP contribution in [0.2, 0.25) is 0 Å². The standard InChI is InChI=1S/C39H44N2O7S/c1-46-34-10-5-6-11-36(34)49-26-33-23-35(30-16-14-27(25-42)15-17-30)48-39(47-33)31-20-18-29(19-21-31)32-9-7-8-28(22-32)24-40-37(43)12-3-2-4-13-38(44)41-45/h5-11,14-22,33,35,39,42,45H,2-4,12-13,23-26H2,1H3,(H,40,43)(H,41,44)/t33-,35+,39+/m0/s1. The van der Waals surface area contributed by atoms with Crippen LogP contribution >= 0.6 is 11.8 Å². The van der Waals surface area contributed by atoms with Crippen molar-refractivity contribution in [1.29, 1.82) is 0 Å². The molecular weight excluding hydrogens is 641 g/mol. The maximum Gasteiger partial charge on any atom is 0.243 e. The highest BCUT2D eigenvalue weighted by atomic mass is 32.2. The number of benzene rings is 4. The lowest BCUT2D eigenvalue weighted by Crippen LogP contribution is -2.31.